The van der Waals surface area contributed by atoms with Gasteiger partial charge in [0.15, 0.2) is 0 Å². The van der Waals surface area contributed by atoms with Gasteiger partial charge in [-0.25, -0.2) is 0 Å². The summed E-state index contributed by atoms with van der Waals surface area (Å²) in [6, 6.07) is 15.7. The fourth-order valence-corrected chi connectivity index (χ4v) is 2.14. The van der Waals surface area contributed by atoms with Gasteiger partial charge in [0.1, 0.15) is 12.4 Å². The number of rotatable bonds is 5. The summed E-state index contributed by atoms with van der Waals surface area (Å²) in [7, 11) is 4.21. The van der Waals surface area contributed by atoms with Crippen molar-refractivity contribution in [2.75, 3.05) is 14.1 Å². The van der Waals surface area contributed by atoms with E-state index in [1.807, 2.05) is 36.4 Å². The molecule has 5 heteroatoms. The number of para-hydroxylation sites is 1. The molecular weight excluding hydrogens is 365 g/mol. The molecule has 0 saturated heterocycles. The summed E-state index contributed by atoms with van der Waals surface area (Å²) in [5.74, 6) is 0.827. The number of ether oxygens (including phenoxy) is 1. The van der Waals surface area contributed by atoms with Gasteiger partial charge in [0.25, 0.3) is 0 Å². The van der Waals surface area contributed by atoms with Crippen molar-refractivity contribution in [1.82, 2.24) is 4.90 Å². The van der Waals surface area contributed by atoms with Gasteiger partial charge in [0.05, 0.1) is 0 Å². The molecule has 0 heterocycles. The van der Waals surface area contributed by atoms with Crippen LogP contribution in [0, 0.1) is 0 Å². The summed E-state index contributed by atoms with van der Waals surface area (Å²) >= 11 is 11.8. The third-order valence-corrected chi connectivity index (χ3v) is 4.21. The quantitative estimate of drug-likeness (QED) is 0.590. The molecule has 0 spiro atoms. The molecule has 0 saturated carbocycles. The van der Waals surface area contributed by atoms with Gasteiger partial charge in [-0.05, 0) is 51.7 Å². The fraction of sp³-hybridized carbons (Fsp3) is 0.368. The van der Waals surface area contributed by atoms with E-state index in [-0.39, 0.29) is 12.4 Å². The minimum absolute atomic E-state index is 0. The Kier molecular flexibility index (Phi) is 12.0. The molecule has 0 aromatic heterocycles. The van der Waals surface area contributed by atoms with Crippen LogP contribution in [0.25, 0.3) is 0 Å². The van der Waals surface area contributed by atoms with E-state index in [4.69, 9.17) is 27.9 Å². The summed E-state index contributed by atoms with van der Waals surface area (Å²) in [5, 5.41) is 1.26. The molecule has 134 valence electrons. The van der Waals surface area contributed by atoms with Gasteiger partial charge in [-0.2, -0.15) is 0 Å². The molecule has 24 heavy (non-hydrogen) atoms. The van der Waals surface area contributed by atoms with Crippen molar-refractivity contribution >= 4 is 35.6 Å². The summed E-state index contributed by atoms with van der Waals surface area (Å²) in [4.78, 5) is 2.22. The van der Waals surface area contributed by atoms with Crippen molar-refractivity contribution in [3.05, 3.63) is 64.1 Å². The van der Waals surface area contributed by atoms with Crippen LogP contribution in [-0.2, 0) is 6.61 Å². The second-order valence-electron chi connectivity index (χ2n) is 5.56. The molecule has 2 aromatic carbocycles. The van der Waals surface area contributed by atoms with Crippen molar-refractivity contribution in [2.45, 2.75) is 32.9 Å². The topological polar surface area (TPSA) is 12.5 Å². The molecular formula is C19H26Cl3NO. The highest BCUT2D eigenvalue weighted by Gasteiger charge is 2.02. The average Bonchev–Trinajstić information content (AvgIpc) is 2.54. The van der Waals surface area contributed by atoms with Crippen LogP contribution in [0.15, 0.2) is 48.5 Å². The van der Waals surface area contributed by atoms with E-state index in [1.165, 1.54) is 6.42 Å². The molecule has 0 radical (unpaired) electrons. The smallest absolute Gasteiger partial charge is 0.119 e. The lowest BCUT2D eigenvalue weighted by atomic mass is 10.2. The standard InChI is InChI=1S/C13H10Cl2O.C6H15N.ClH/c14-11-7-6-10(13(15)8-11)9-16-12-4-2-1-3-5-12;1-5-6(2)7(3)4;/h1-8H,9H2;6H,5H2,1-4H3;1H. The van der Waals surface area contributed by atoms with Gasteiger partial charge < -0.3 is 9.64 Å². The molecule has 0 aliphatic carbocycles. The normalized spacial score (nSPS) is 11.1. The Morgan fingerprint density at radius 3 is 2.12 bits per heavy atom. The molecule has 0 N–H and O–H groups in total. The van der Waals surface area contributed by atoms with Gasteiger partial charge >= 0.3 is 0 Å². The second-order valence-corrected chi connectivity index (χ2v) is 6.40. The Balaban J connectivity index is 0.000000570. The number of halogens is 3. The highest BCUT2D eigenvalue weighted by Crippen LogP contribution is 2.22. The van der Waals surface area contributed by atoms with Crippen LogP contribution in [0.1, 0.15) is 25.8 Å². The van der Waals surface area contributed by atoms with Gasteiger partial charge in [0.2, 0.25) is 0 Å². The first-order valence-corrected chi connectivity index (χ1v) is 8.47. The zero-order valence-electron chi connectivity index (χ0n) is 14.6. The molecule has 0 bridgehead atoms. The van der Waals surface area contributed by atoms with Crippen molar-refractivity contribution < 1.29 is 4.74 Å². The Labute approximate surface area is 162 Å². The van der Waals surface area contributed by atoms with Crippen molar-refractivity contribution in [1.29, 1.82) is 0 Å². The molecule has 2 rings (SSSR count). The van der Waals surface area contributed by atoms with Crippen LogP contribution in [0.2, 0.25) is 10.0 Å². The maximum atomic E-state index is 6.03. The van der Waals surface area contributed by atoms with Crippen molar-refractivity contribution in [3.8, 4) is 5.75 Å². The minimum atomic E-state index is 0. The van der Waals surface area contributed by atoms with E-state index in [0.717, 1.165) is 17.4 Å². The van der Waals surface area contributed by atoms with Crippen molar-refractivity contribution in [2.24, 2.45) is 0 Å². The number of nitrogens with zero attached hydrogens (tertiary/aromatic N) is 1. The first-order valence-electron chi connectivity index (χ1n) is 7.72. The Morgan fingerprint density at radius 2 is 1.67 bits per heavy atom. The molecule has 1 atom stereocenters. The van der Waals surface area contributed by atoms with Gasteiger partial charge in [-0.1, -0.05) is 54.4 Å². The lowest BCUT2D eigenvalue weighted by Gasteiger charge is -2.16. The number of hydrogen-bond donors (Lipinski definition) is 0. The Morgan fingerprint density at radius 1 is 1.04 bits per heavy atom. The molecule has 2 nitrogen and oxygen atoms in total. The van der Waals surface area contributed by atoms with E-state index >= 15 is 0 Å². The second kappa shape index (κ2) is 12.4. The third kappa shape index (κ3) is 8.79. The minimum Gasteiger partial charge on any atom is -0.489 e. The maximum Gasteiger partial charge on any atom is 0.119 e. The van der Waals surface area contributed by atoms with Crippen LogP contribution in [-0.4, -0.2) is 25.0 Å². The van der Waals surface area contributed by atoms with Gasteiger partial charge in [-0.15, -0.1) is 12.4 Å². The predicted molar refractivity (Wildman–Crippen MR) is 108 cm³/mol. The highest BCUT2D eigenvalue weighted by molar-refractivity contribution is 6.35. The van der Waals surface area contributed by atoms with E-state index in [0.29, 0.717) is 16.7 Å². The maximum absolute atomic E-state index is 6.03. The van der Waals surface area contributed by atoms with E-state index < -0.39 is 0 Å². The lowest BCUT2D eigenvalue weighted by molar-refractivity contribution is 0.306. The molecule has 0 aliphatic rings. The van der Waals surface area contributed by atoms with Crippen LogP contribution >= 0.6 is 35.6 Å². The van der Waals surface area contributed by atoms with Crippen LogP contribution < -0.4 is 4.74 Å². The molecule has 0 aliphatic heterocycles. The number of hydrogen-bond acceptors (Lipinski definition) is 2. The zero-order chi connectivity index (χ0) is 17.2. The Bertz CT molecular complexity index is 576. The van der Waals surface area contributed by atoms with E-state index in [9.17, 15) is 0 Å². The number of benzene rings is 2. The van der Waals surface area contributed by atoms with Crippen LogP contribution in [0.4, 0.5) is 0 Å². The van der Waals surface area contributed by atoms with Gasteiger partial charge in [-0.3, -0.25) is 0 Å². The SMILES string of the molecule is CCC(C)N(C)C.Cl.Clc1ccc(COc2ccccc2)c(Cl)c1. The van der Waals surface area contributed by atoms with E-state index in [1.54, 1.807) is 12.1 Å². The summed E-state index contributed by atoms with van der Waals surface area (Å²) in [5.41, 5.74) is 0.926. The summed E-state index contributed by atoms with van der Waals surface area (Å²) in [6.07, 6.45) is 1.24. The summed E-state index contributed by atoms with van der Waals surface area (Å²) in [6.45, 7) is 4.87. The van der Waals surface area contributed by atoms with Crippen LogP contribution in [0.3, 0.4) is 0 Å². The molecule has 1 unspecified atom stereocenters. The molecule has 0 amide bonds. The van der Waals surface area contributed by atoms with E-state index in [2.05, 4.69) is 32.8 Å². The van der Waals surface area contributed by atoms with Crippen molar-refractivity contribution in [3.63, 3.8) is 0 Å². The first kappa shape index (κ1) is 23.1. The first-order chi connectivity index (χ1) is 10.9. The zero-order valence-corrected chi connectivity index (χ0v) is 17.0. The average molecular weight is 391 g/mol. The largest absolute Gasteiger partial charge is 0.489 e. The van der Waals surface area contributed by atoms with Crippen LogP contribution in [0.5, 0.6) is 5.75 Å². The lowest BCUT2D eigenvalue weighted by Crippen LogP contribution is -2.23. The predicted octanol–water partition coefficient (Wildman–Crippen LogP) is 6.34. The monoisotopic (exact) mass is 389 g/mol. The molecule has 0 fully saturated rings. The fourth-order valence-electron chi connectivity index (χ4n) is 1.68. The summed E-state index contributed by atoms with van der Waals surface area (Å²) < 4.78 is 5.59. The van der Waals surface area contributed by atoms with Gasteiger partial charge in [0, 0.05) is 21.7 Å². The molecule has 2 aromatic rings. The third-order valence-electron chi connectivity index (χ3n) is 3.63. The highest BCUT2D eigenvalue weighted by atomic mass is 35.5. The Hall–Kier alpha value is -0.930.